The Kier molecular flexibility index (Phi) is 3.26. The monoisotopic (exact) mass is 237 g/mol. The highest BCUT2D eigenvalue weighted by Crippen LogP contribution is 2.24. The number of nitrogens with one attached hydrogen (secondary N) is 1. The summed E-state index contributed by atoms with van der Waals surface area (Å²) in [6.07, 6.45) is 0.852. The molecule has 0 saturated carbocycles. The van der Waals surface area contributed by atoms with Crippen molar-refractivity contribution in [2.75, 3.05) is 13.2 Å². The maximum absolute atomic E-state index is 5.69. The van der Waals surface area contributed by atoms with Crippen LogP contribution in [0.5, 0.6) is 5.75 Å². The third-order valence-corrected chi connectivity index (χ3v) is 2.86. The van der Waals surface area contributed by atoms with Crippen molar-refractivity contribution < 1.29 is 4.74 Å². The van der Waals surface area contributed by atoms with Crippen molar-refractivity contribution in [3.8, 4) is 5.75 Å². The molecule has 0 fully saturated rings. The minimum absolute atomic E-state index is 0.632. The number of nitrogens with zero attached hydrogens (tertiary/aromatic N) is 1. The van der Waals surface area contributed by atoms with Gasteiger partial charge in [-0.05, 0) is 37.3 Å². The normalized spacial score (nSPS) is 10.9. The summed E-state index contributed by atoms with van der Waals surface area (Å²) in [7, 11) is 1.93. The maximum Gasteiger partial charge on any atom is 0.177 e. The van der Waals surface area contributed by atoms with Gasteiger partial charge in [-0.2, -0.15) is 0 Å². The van der Waals surface area contributed by atoms with Gasteiger partial charge in [-0.15, -0.1) is 0 Å². The summed E-state index contributed by atoms with van der Waals surface area (Å²) in [6.45, 7) is 1.27. The first-order chi connectivity index (χ1) is 7.74. The summed E-state index contributed by atoms with van der Waals surface area (Å²) in [4.78, 5) is 3.13. The lowest BCUT2D eigenvalue weighted by molar-refractivity contribution is 0.316. The first-order valence-electron chi connectivity index (χ1n) is 5.24. The second kappa shape index (κ2) is 4.67. The average molecular weight is 237 g/mol. The van der Waals surface area contributed by atoms with Crippen molar-refractivity contribution in [1.29, 1.82) is 0 Å². The van der Waals surface area contributed by atoms with E-state index in [9.17, 15) is 0 Å². The Morgan fingerprint density at radius 3 is 3.06 bits per heavy atom. The van der Waals surface area contributed by atoms with Crippen molar-refractivity contribution in [3.05, 3.63) is 23.0 Å². The Labute approximate surface area is 99.0 Å². The zero-order valence-electron chi connectivity index (χ0n) is 9.19. The predicted octanol–water partition coefficient (Wildman–Crippen LogP) is 1.96. The minimum atomic E-state index is 0.632. The van der Waals surface area contributed by atoms with Gasteiger partial charge in [0.25, 0.3) is 0 Å². The number of para-hydroxylation sites is 1. The molecule has 1 heterocycles. The SMILES string of the molecule is Cn1c(=S)[nH]c2cccc(OCCCN)c21. The second-order valence-electron chi connectivity index (χ2n) is 3.63. The highest BCUT2D eigenvalue weighted by Gasteiger charge is 2.06. The van der Waals surface area contributed by atoms with E-state index in [-0.39, 0.29) is 0 Å². The standard InChI is InChI=1S/C11H15N3OS/c1-14-10-8(13-11(14)16)4-2-5-9(10)15-7-3-6-12/h2,4-5H,3,6-7,12H2,1H3,(H,13,16). The average Bonchev–Trinajstić information content (AvgIpc) is 2.56. The molecular weight excluding hydrogens is 222 g/mol. The molecule has 0 saturated heterocycles. The van der Waals surface area contributed by atoms with Crippen molar-refractivity contribution in [3.63, 3.8) is 0 Å². The lowest BCUT2D eigenvalue weighted by Gasteiger charge is -2.07. The van der Waals surface area contributed by atoms with Gasteiger partial charge in [0.15, 0.2) is 4.77 Å². The van der Waals surface area contributed by atoms with E-state index in [1.165, 1.54) is 0 Å². The van der Waals surface area contributed by atoms with Crippen LogP contribution in [-0.2, 0) is 7.05 Å². The number of H-pyrrole nitrogens is 1. The Morgan fingerprint density at radius 2 is 2.31 bits per heavy atom. The zero-order valence-corrected chi connectivity index (χ0v) is 10.0. The molecule has 1 aromatic carbocycles. The molecule has 0 aliphatic rings. The Morgan fingerprint density at radius 1 is 1.50 bits per heavy atom. The van der Waals surface area contributed by atoms with Crippen molar-refractivity contribution >= 4 is 23.3 Å². The van der Waals surface area contributed by atoms with Gasteiger partial charge in [0.2, 0.25) is 0 Å². The first kappa shape index (κ1) is 11.2. The smallest absolute Gasteiger partial charge is 0.177 e. The number of nitrogens with two attached hydrogens (primary N) is 1. The third-order valence-electron chi connectivity index (χ3n) is 2.49. The number of benzene rings is 1. The number of ether oxygens (including phenoxy) is 1. The van der Waals surface area contributed by atoms with E-state index in [2.05, 4.69) is 4.98 Å². The summed E-state index contributed by atoms with van der Waals surface area (Å²) in [6, 6.07) is 5.88. The fourth-order valence-corrected chi connectivity index (χ4v) is 1.85. The molecule has 0 bridgehead atoms. The quantitative estimate of drug-likeness (QED) is 0.631. The first-order valence-corrected chi connectivity index (χ1v) is 5.65. The lowest BCUT2D eigenvalue weighted by Crippen LogP contribution is -2.06. The maximum atomic E-state index is 5.69. The van der Waals surface area contributed by atoms with E-state index in [0.717, 1.165) is 23.2 Å². The van der Waals surface area contributed by atoms with E-state index in [4.69, 9.17) is 22.7 Å². The number of hydrogen-bond donors (Lipinski definition) is 2. The molecule has 1 aromatic heterocycles. The molecule has 0 atom stereocenters. The van der Waals surface area contributed by atoms with Crippen LogP contribution in [0.3, 0.4) is 0 Å². The number of aromatic amines is 1. The van der Waals surface area contributed by atoms with Crippen molar-refractivity contribution in [2.45, 2.75) is 6.42 Å². The fraction of sp³-hybridized carbons (Fsp3) is 0.364. The topological polar surface area (TPSA) is 56.0 Å². The largest absolute Gasteiger partial charge is 0.491 e. The van der Waals surface area contributed by atoms with Crippen molar-refractivity contribution in [2.24, 2.45) is 12.8 Å². The van der Waals surface area contributed by atoms with Crippen LogP contribution in [0.1, 0.15) is 6.42 Å². The summed E-state index contributed by atoms with van der Waals surface area (Å²) < 4.78 is 8.30. The van der Waals surface area contributed by atoms with Gasteiger partial charge in [0, 0.05) is 7.05 Å². The summed E-state index contributed by atoms with van der Waals surface area (Å²) in [5, 5.41) is 0. The minimum Gasteiger partial charge on any atom is -0.491 e. The number of hydrogen-bond acceptors (Lipinski definition) is 3. The molecule has 86 valence electrons. The van der Waals surface area contributed by atoms with E-state index in [1.807, 2.05) is 29.8 Å². The third kappa shape index (κ3) is 1.96. The van der Waals surface area contributed by atoms with E-state index in [0.29, 0.717) is 17.9 Å². The molecule has 2 rings (SSSR count). The van der Waals surface area contributed by atoms with E-state index in [1.54, 1.807) is 0 Å². The van der Waals surface area contributed by atoms with Gasteiger partial charge >= 0.3 is 0 Å². The molecule has 3 N–H and O–H groups in total. The fourth-order valence-electron chi connectivity index (χ4n) is 1.65. The molecule has 0 amide bonds. The molecule has 5 heteroatoms. The second-order valence-corrected chi connectivity index (χ2v) is 4.02. The van der Waals surface area contributed by atoms with Crippen molar-refractivity contribution in [1.82, 2.24) is 9.55 Å². The van der Waals surface area contributed by atoms with Crippen LogP contribution in [0.25, 0.3) is 11.0 Å². The Hall–Kier alpha value is -1.33. The summed E-state index contributed by atoms with van der Waals surface area (Å²) in [5.74, 6) is 0.848. The highest BCUT2D eigenvalue weighted by atomic mass is 32.1. The number of imidazole rings is 1. The molecule has 0 aliphatic heterocycles. The Bertz CT molecular complexity index is 544. The predicted molar refractivity (Wildman–Crippen MR) is 67.3 cm³/mol. The molecule has 0 aliphatic carbocycles. The lowest BCUT2D eigenvalue weighted by atomic mass is 10.3. The van der Waals surface area contributed by atoms with Crippen LogP contribution in [0, 0.1) is 4.77 Å². The number of rotatable bonds is 4. The molecule has 2 aromatic rings. The van der Waals surface area contributed by atoms with Gasteiger partial charge in [0.05, 0.1) is 12.1 Å². The highest BCUT2D eigenvalue weighted by molar-refractivity contribution is 7.71. The molecule has 0 radical (unpaired) electrons. The van der Waals surface area contributed by atoms with Crippen LogP contribution < -0.4 is 10.5 Å². The van der Waals surface area contributed by atoms with Crippen LogP contribution in [0.2, 0.25) is 0 Å². The molecular formula is C11H15N3OS. The number of aryl methyl sites for hydroxylation is 1. The number of fused-ring (bicyclic) bond motifs is 1. The van der Waals surface area contributed by atoms with Gasteiger partial charge in [0.1, 0.15) is 11.3 Å². The van der Waals surface area contributed by atoms with Gasteiger partial charge in [-0.3, -0.25) is 0 Å². The van der Waals surface area contributed by atoms with Gasteiger partial charge in [-0.25, -0.2) is 0 Å². The number of aromatic nitrogens is 2. The van der Waals surface area contributed by atoms with E-state index < -0.39 is 0 Å². The molecule has 4 nitrogen and oxygen atoms in total. The van der Waals surface area contributed by atoms with Gasteiger partial charge < -0.3 is 20.0 Å². The molecule has 16 heavy (non-hydrogen) atoms. The summed E-state index contributed by atoms with van der Waals surface area (Å²) >= 11 is 5.18. The molecule has 0 spiro atoms. The zero-order chi connectivity index (χ0) is 11.5. The van der Waals surface area contributed by atoms with Crippen LogP contribution >= 0.6 is 12.2 Å². The van der Waals surface area contributed by atoms with Crippen LogP contribution in [-0.4, -0.2) is 22.7 Å². The summed E-state index contributed by atoms with van der Waals surface area (Å²) in [5.41, 5.74) is 7.43. The Balaban J connectivity index is 2.40. The van der Waals surface area contributed by atoms with Crippen LogP contribution in [0.4, 0.5) is 0 Å². The van der Waals surface area contributed by atoms with Crippen LogP contribution in [0.15, 0.2) is 18.2 Å². The van der Waals surface area contributed by atoms with E-state index >= 15 is 0 Å². The molecule has 0 unspecified atom stereocenters. The van der Waals surface area contributed by atoms with Gasteiger partial charge in [-0.1, -0.05) is 6.07 Å².